The molecule has 7 heteroatoms. The van der Waals surface area contributed by atoms with Crippen LogP contribution in [0.4, 0.5) is 0 Å². The molecule has 7 nitrogen and oxygen atoms in total. The van der Waals surface area contributed by atoms with Crippen LogP contribution in [0.1, 0.15) is 54.7 Å². The summed E-state index contributed by atoms with van der Waals surface area (Å²) in [6.45, 7) is 6.12. The Kier molecular flexibility index (Phi) is 6.41. The maximum Gasteiger partial charge on any atom is 0.228 e. The molecule has 2 aromatic heterocycles. The highest BCUT2D eigenvalue weighted by Crippen LogP contribution is 2.48. The molecule has 3 aromatic rings. The lowest BCUT2D eigenvalue weighted by atomic mass is 9.71. The first-order valence-electron chi connectivity index (χ1n) is 13.5. The second-order valence-electron chi connectivity index (χ2n) is 10.9. The zero-order chi connectivity index (χ0) is 25.4. The van der Waals surface area contributed by atoms with E-state index in [0.29, 0.717) is 23.6 Å². The number of pyridine rings is 1. The van der Waals surface area contributed by atoms with E-state index < -0.39 is 0 Å². The predicted octanol–water partition coefficient (Wildman–Crippen LogP) is 4.26. The van der Waals surface area contributed by atoms with Crippen LogP contribution in [0.2, 0.25) is 0 Å². The van der Waals surface area contributed by atoms with Crippen molar-refractivity contribution in [1.82, 2.24) is 24.8 Å². The molecule has 1 unspecified atom stereocenters. The minimum absolute atomic E-state index is 0.180. The molecule has 192 valence electrons. The molecule has 0 bridgehead atoms. The molecule has 37 heavy (non-hydrogen) atoms. The van der Waals surface area contributed by atoms with Gasteiger partial charge in [-0.2, -0.15) is 0 Å². The van der Waals surface area contributed by atoms with Crippen molar-refractivity contribution < 1.29 is 9.53 Å². The molecule has 4 heterocycles. The summed E-state index contributed by atoms with van der Waals surface area (Å²) in [7, 11) is 1.62. The topological polar surface area (TPSA) is 71.5 Å². The van der Waals surface area contributed by atoms with Crippen LogP contribution in [0, 0.1) is 5.41 Å². The lowest BCUT2D eigenvalue weighted by Crippen LogP contribution is -2.61. The summed E-state index contributed by atoms with van der Waals surface area (Å²) in [4.78, 5) is 30.8. The Morgan fingerprint density at radius 2 is 1.89 bits per heavy atom. The predicted molar refractivity (Wildman–Crippen MR) is 142 cm³/mol. The van der Waals surface area contributed by atoms with Gasteiger partial charge in [0.2, 0.25) is 5.91 Å². The summed E-state index contributed by atoms with van der Waals surface area (Å²) in [5.74, 6) is 0.895. The number of aromatic nitrogens is 3. The van der Waals surface area contributed by atoms with Crippen molar-refractivity contribution in [3.63, 3.8) is 0 Å². The summed E-state index contributed by atoms with van der Waals surface area (Å²) in [6.07, 6.45) is 9.15. The molecular weight excluding hydrogens is 462 g/mol. The number of piperidine rings is 1. The third-order valence-corrected chi connectivity index (χ3v) is 8.63. The van der Waals surface area contributed by atoms with Crippen LogP contribution in [-0.2, 0) is 24.1 Å². The summed E-state index contributed by atoms with van der Waals surface area (Å²) < 4.78 is 5.16. The van der Waals surface area contributed by atoms with Gasteiger partial charge in [-0.3, -0.25) is 14.7 Å². The lowest BCUT2D eigenvalue weighted by Gasteiger charge is -2.56. The van der Waals surface area contributed by atoms with Crippen LogP contribution in [0.25, 0.3) is 11.3 Å². The van der Waals surface area contributed by atoms with Gasteiger partial charge in [-0.25, -0.2) is 9.97 Å². The van der Waals surface area contributed by atoms with Gasteiger partial charge < -0.3 is 9.64 Å². The molecular formula is C30H35N5O2. The molecule has 3 aliphatic rings. The minimum Gasteiger partial charge on any atom is -0.495 e. The van der Waals surface area contributed by atoms with Crippen LogP contribution in [0.15, 0.2) is 48.9 Å². The fourth-order valence-electron chi connectivity index (χ4n) is 6.37. The third kappa shape index (κ3) is 4.73. The largest absolute Gasteiger partial charge is 0.495 e. The van der Waals surface area contributed by atoms with Crippen molar-refractivity contribution in [2.24, 2.45) is 5.41 Å². The number of hydrogen-bond acceptors (Lipinski definition) is 6. The highest BCUT2D eigenvalue weighted by atomic mass is 16.5. The van der Waals surface area contributed by atoms with Gasteiger partial charge in [0.1, 0.15) is 12.1 Å². The Bertz CT molecular complexity index is 1280. The number of hydrogen-bond donors (Lipinski definition) is 0. The van der Waals surface area contributed by atoms with Crippen LogP contribution >= 0.6 is 0 Å². The molecule has 2 saturated heterocycles. The number of likely N-dealkylation sites (tertiary alicyclic amines) is 2. The number of fused-ring (bicyclic) bond motifs is 1. The first-order chi connectivity index (χ1) is 18.1. The van der Waals surface area contributed by atoms with Gasteiger partial charge in [-0.15, -0.1) is 0 Å². The average molecular weight is 498 g/mol. The number of amides is 1. The number of carbonyl (C=O) groups is 1. The standard InChI is InChI=1S/C30H35N5O2/c1-3-23-15-27(33-20-32-23)22-4-8-26-21(14-22)5-9-28(26)35-18-30(19-35)10-12-34(13-11-30)29(36)16-24-6-7-25(37-2)17-31-24/h4,6-8,14-15,17,20,28H,3,5,9-13,16,18-19H2,1-2H3. The zero-order valence-corrected chi connectivity index (χ0v) is 21.8. The van der Waals surface area contributed by atoms with E-state index in [9.17, 15) is 4.79 Å². The van der Waals surface area contributed by atoms with E-state index in [4.69, 9.17) is 4.74 Å². The highest BCUT2D eigenvalue weighted by Gasteiger charge is 2.48. The lowest BCUT2D eigenvalue weighted by molar-refractivity contribution is -0.136. The van der Waals surface area contributed by atoms with E-state index in [0.717, 1.165) is 68.9 Å². The summed E-state index contributed by atoms with van der Waals surface area (Å²) >= 11 is 0. The second-order valence-corrected chi connectivity index (χ2v) is 10.9. The molecule has 0 N–H and O–H groups in total. The summed E-state index contributed by atoms with van der Waals surface area (Å²) in [5.41, 5.74) is 7.42. The van der Waals surface area contributed by atoms with Gasteiger partial charge in [0, 0.05) is 49.2 Å². The molecule has 1 amide bonds. The van der Waals surface area contributed by atoms with Crippen molar-refractivity contribution in [3.8, 4) is 17.0 Å². The number of benzene rings is 1. The van der Waals surface area contributed by atoms with Crippen molar-refractivity contribution >= 4 is 5.91 Å². The fraction of sp³-hybridized carbons (Fsp3) is 0.467. The second kappa shape index (κ2) is 9.86. The minimum atomic E-state index is 0.180. The third-order valence-electron chi connectivity index (χ3n) is 8.63. The monoisotopic (exact) mass is 497 g/mol. The normalized spacial score (nSPS) is 20.5. The van der Waals surface area contributed by atoms with Crippen LogP contribution < -0.4 is 4.74 Å². The quantitative estimate of drug-likeness (QED) is 0.507. The van der Waals surface area contributed by atoms with Crippen LogP contribution in [0.5, 0.6) is 5.75 Å². The van der Waals surface area contributed by atoms with E-state index in [2.05, 4.69) is 51.0 Å². The molecule has 1 aromatic carbocycles. The number of methoxy groups -OCH3 is 1. The van der Waals surface area contributed by atoms with Crippen LogP contribution in [0.3, 0.4) is 0 Å². The van der Waals surface area contributed by atoms with E-state index in [1.54, 1.807) is 19.6 Å². The van der Waals surface area contributed by atoms with Crippen molar-refractivity contribution in [3.05, 3.63) is 71.4 Å². The Labute approximate surface area is 218 Å². The maximum absolute atomic E-state index is 12.9. The first kappa shape index (κ1) is 24.0. The smallest absolute Gasteiger partial charge is 0.228 e. The molecule has 0 saturated carbocycles. The van der Waals surface area contributed by atoms with E-state index in [-0.39, 0.29) is 5.91 Å². The Balaban J connectivity index is 1.04. The molecule has 6 rings (SSSR count). The zero-order valence-electron chi connectivity index (χ0n) is 21.8. The van der Waals surface area contributed by atoms with Gasteiger partial charge >= 0.3 is 0 Å². The Hall–Kier alpha value is -3.32. The molecule has 1 atom stereocenters. The van der Waals surface area contributed by atoms with Gasteiger partial charge in [-0.1, -0.05) is 19.1 Å². The summed E-state index contributed by atoms with van der Waals surface area (Å²) in [6, 6.07) is 13.3. The van der Waals surface area contributed by atoms with Crippen molar-refractivity contribution in [1.29, 1.82) is 0 Å². The van der Waals surface area contributed by atoms with E-state index in [1.807, 2.05) is 17.0 Å². The first-order valence-corrected chi connectivity index (χ1v) is 13.5. The molecule has 2 fully saturated rings. The highest BCUT2D eigenvalue weighted by molar-refractivity contribution is 5.78. The number of nitrogens with zero attached hydrogens (tertiary/aromatic N) is 5. The van der Waals surface area contributed by atoms with Crippen molar-refractivity contribution in [2.75, 3.05) is 33.3 Å². The molecule has 0 radical (unpaired) electrons. The number of rotatable bonds is 6. The molecule has 2 aliphatic heterocycles. The number of carbonyl (C=O) groups excluding carboxylic acids is 1. The number of ether oxygens (including phenoxy) is 1. The number of aryl methyl sites for hydroxylation is 2. The SMILES string of the molecule is CCc1cc(-c2ccc3c(c2)CCC3N2CC3(CCN(C(=O)Cc4ccc(OC)cn4)CC3)C2)ncn1. The van der Waals surface area contributed by atoms with E-state index in [1.165, 1.54) is 23.1 Å². The Morgan fingerprint density at radius 3 is 2.62 bits per heavy atom. The van der Waals surface area contributed by atoms with Gasteiger partial charge in [0.05, 0.1) is 25.4 Å². The summed E-state index contributed by atoms with van der Waals surface area (Å²) in [5, 5.41) is 0. The molecule has 1 aliphatic carbocycles. The van der Waals surface area contributed by atoms with Gasteiger partial charge in [0.25, 0.3) is 0 Å². The fourth-order valence-corrected chi connectivity index (χ4v) is 6.37. The van der Waals surface area contributed by atoms with Crippen molar-refractivity contribution in [2.45, 2.75) is 51.5 Å². The Morgan fingerprint density at radius 1 is 1.05 bits per heavy atom. The maximum atomic E-state index is 12.9. The van der Waals surface area contributed by atoms with Crippen LogP contribution in [-0.4, -0.2) is 63.9 Å². The van der Waals surface area contributed by atoms with E-state index >= 15 is 0 Å². The van der Waals surface area contributed by atoms with Gasteiger partial charge in [-0.05, 0) is 72.9 Å². The molecule has 1 spiro atoms. The van der Waals surface area contributed by atoms with Gasteiger partial charge in [0.15, 0.2) is 0 Å². The average Bonchev–Trinajstić information content (AvgIpc) is 3.35.